The summed E-state index contributed by atoms with van der Waals surface area (Å²) >= 11 is 0. The zero-order valence-electron chi connectivity index (χ0n) is 11.8. The Morgan fingerprint density at radius 3 is 2.94 bits per heavy atom. The van der Waals surface area contributed by atoms with Crippen molar-refractivity contribution in [1.29, 1.82) is 0 Å². The Hall–Kier alpha value is -1.25. The van der Waals surface area contributed by atoms with Gasteiger partial charge < -0.3 is 9.73 Å². The number of aryl methyl sites for hydroxylation is 1. The van der Waals surface area contributed by atoms with Gasteiger partial charge >= 0.3 is 0 Å². The van der Waals surface area contributed by atoms with E-state index in [1.807, 2.05) is 13.8 Å². The summed E-state index contributed by atoms with van der Waals surface area (Å²) in [6.45, 7) is 8.45. The molecule has 0 saturated heterocycles. The fourth-order valence-corrected chi connectivity index (χ4v) is 2.81. The monoisotopic (exact) mass is 249 g/mol. The second-order valence-electron chi connectivity index (χ2n) is 6.15. The highest BCUT2D eigenvalue weighted by Gasteiger charge is 2.35. The van der Waals surface area contributed by atoms with Gasteiger partial charge in [0.25, 0.3) is 0 Å². The third-order valence-electron chi connectivity index (χ3n) is 3.55. The molecule has 1 aliphatic carbocycles. The lowest BCUT2D eigenvalue weighted by molar-refractivity contribution is -0.122. The molecule has 18 heavy (non-hydrogen) atoms. The van der Waals surface area contributed by atoms with Crippen molar-refractivity contribution in [3.8, 4) is 0 Å². The predicted molar refractivity (Wildman–Crippen MR) is 71.3 cm³/mol. The van der Waals surface area contributed by atoms with Crippen molar-refractivity contribution in [2.24, 2.45) is 5.41 Å². The van der Waals surface area contributed by atoms with Gasteiger partial charge in [-0.2, -0.15) is 0 Å². The van der Waals surface area contributed by atoms with Crippen molar-refractivity contribution in [3.63, 3.8) is 0 Å². The Morgan fingerprint density at radius 2 is 2.28 bits per heavy atom. The highest BCUT2D eigenvalue weighted by Crippen LogP contribution is 2.41. The van der Waals surface area contributed by atoms with Gasteiger partial charge in [0, 0.05) is 18.4 Å². The molecule has 1 aromatic rings. The minimum atomic E-state index is 0.111. The van der Waals surface area contributed by atoms with E-state index in [0.29, 0.717) is 6.42 Å². The molecule has 0 fully saturated rings. The minimum Gasteiger partial charge on any atom is -0.466 e. The molecule has 100 valence electrons. The Morgan fingerprint density at radius 1 is 1.56 bits per heavy atom. The Bertz CT molecular complexity index is 445. The van der Waals surface area contributed by atoms with E-state index in [-0.39, 0.29) is 17.4 Å². The fourth-order valence-electron chi connectivity index (χ4n) is 2.81. The Kier molecular flexibility index (Phi) is 3.51. The van der Waals surface area contributed by atoms with E-state index in [1.54, 1.807) is 0 Å². The standard InChI is InChI=1S/C15H23NO2/c1-5-6-14(17)16-12-8-15(3,4)9-13-11(12)7-10(2)18-13/h7,12H,5-6,8-9H2,1-4H3,(H,16,17)/t12-/m1/s1. The smallest absolute Gasteiger partial charge is 0.220 e. The van der Waals surface area contributed by atoms with E-state index in [2.05, 4.69) is 25.2 Å². The van der Waals surface area contributed by atoms with Gasteiger partial charge in [0.2, 0.25) is 5.91 Å². The van der Waals surface area contributed by atoms with Crippen LogP contribution in [0.1, 0.15) is 63.2 Å². The highest BCUT2D eigenvalue weighted by atomic mass is 16.3. The van der Waals surface area contributed by atoms with E-state index in [9.17, 15) is 4.79 Å². The van der Waals surface area contributed by atoms with Crippen LogP contribution in [0.15, 0.2) is 10.5 Å². The first kappa shape index (κ1) is 13.2. The summed E-state index contributed by atoms with van der Waals surface area (Å²) in [5, 5.41) is 3.15. The molecule has 0 bridgehead atoms. The molecular formula is C15H23NO2. The van der Waals surface area contributed by atoms with E-state index in [4.69, 9.17) is 4.42 Å². The summed E-state index contributed by atoms with van der Waals surface area (Å²) in [6, 6.07) is 2.18. The number of carbonyl (C=O) groups is 1. The van der Waals surface area contributed by atoms with Gasteiger partial charge in [-0.3, -0.25) is 4.79 Å². The highest BCUT2D eigenvalue weighted by molar-refractivity contribution is 5.76. The molecule has 0 aliphatic heterocycles. The third kappa shape index (κ3) is 2.77. The van der Waals surface area contributed by atoms with Gasteiger partial charge in [-0.25, -0.2) is 0 Å². The van der Waals surface area contributed by atoms with Crippen LogP contribution in [0.2, 0.25) is 0 Å². The average molecular weight is 249 g/mol. The second-order valence-corrected chi connectivity index (χ2v) is 6.15. The van der Waals surface area contributed by atoms with Crippen LogP contribution in [0.3, 0.4) is 0 Å². The SMILES string of the molecule is CCCC(=O)N[C@@H]1CC(C)(C)Cc2oc(C)cc21. The van der Waals surface area contributed by atoms with E-state index in [0.717, 1.165) is 30.8 Å². The van der Waals surface area contributed by atoms with E-state index in [1.165, 1.54) is 5.56 Å². The molecule has 0 saturated carbocycles. The topological polar surface area (TPSA) is 42.2 Å². The summed E-state index contributed by atoms with van der Waals surface area (Å²) in [4.78, 5) is 11.8. The number of carbonyl (C=O) groups excluding carboxylic acids is 1. The number of hydrogen-bond donors (Lipinski definition) is 1. The number of fused-ring (bicyclic) bond motifs is 1. The summed E-state index contributed by atoms with van der Waals surface area (Å²) in [5.41, 5.74) is 1.36. The Balaban J connectivity index is 2.21. The first-order chi connectivity index (χ1) is 8.41. The van der Waals surface area contributed by atoms with Gasteiger partial charge in [-0.1, -0.05) is 20.8 Å². The minimum absolute atomic E-state index is 0.111. The number of hydrogen-bond acceptors (Lipinski definition) is 2. The quantitative estimate of drug-likeness (QED) is 0.890. The van der Waals surface area contributed by atoms with Crippen molar-refractivity contribution in [2.45, 2.75) is 59.4 Å². The molecule has 0 radical (unpaired) electrons. The van der Waals surface area contributed by atoms with Crippen molar-refractivity contribution < 1.29 is 9.21 Å². The molecule has 1 amide bonds. The largest absolute Gasteiger partial charge is 0.466 e. The lowest BCUT2D eigenvalue weighted by Gasteiger charge is -2.34. The normalized spacial score (nSPS) is 21.4. The molecule has 1 atom stereocenters. The molecule has 0 aromatic carbocycles. The third-order valence-corrected chi connectivity index (χ3v) is 3.55. The van der Waals surface area contributed by atoms with Gasteiger partial charge in [-0.15, -0.1) is 0 Å². The van der Waals surface area contributed by atoms with Crippen LogP contribution in [0, 0.1) is 12.3 Å². The van der Waals surface area contributed by atoms with Crippen LogP contribution in [0.5, 0.6) is 0 Å². The molecule has 1 aromatic heterocycles. The molecule has 3 heteroatoms. The zero-order valence-corrected chi connectivity index (χ0v) is 11.8. The molecule has 0 unspecified atom stereocenters. The fraction of sp³-hybridized carbons (Fsp3) is 0.667. The first-order valence-corrected chi connectivity index (χ1v) is 6.80. The van der Waals surface area contributed by atoms with Crippen molar-refractivity contribution >= 4 is 5.91 Å². The molecule has 1 heterocycles. The van der Waals surface area contributed by atoms with Crippen LogP contribution in [0.25, 0.3) is 0 Å². The maximum atomic E-state index is 11.8. The van der Waals surface area contributed by atoms with Crippen molar-refractivity contribution in [2.75, 3.05) is 0 Å². The van der Waals surface area contributed by atoms with Gasteiger partial charge in [-0.05, 0) is 31.2 Å². The second kappa shape index (κ2) is 4.79. The van der Waals surface area contributed by atoms with Crippen LogP contribution in [-0.4, -0.2) is 5.91 Å². The van der Waals surface area contributed by atoms with Crippen molar-refractivity contribution in [3.05, 3.63) is 23.2 Å². The maximum absolute atomic E-state index is 11.8. The molecule has 2 rings (SSSR count). The van der Waals surface area contributed by atoms with Gasteiger partial charge in [0.1, 0.15) is 11.5 Å². The van der Waals surface area contributed by atoms with Crippen molar-refractivity contribution in [1.82, 2.24) is 5.32 Å². The molecule has 3 nitrogen and oxygen atoms in total. The van der Waals surface area contributed by atoms with E-state index < -0.39 is 0 Å². The number of amides is 1. The molecule has 1 aliphatic rings. The van der Waals surface area contributed by atoms with Crippen LogP contribution >= 0.6 is 0 Å². The lowest BCUT2D eigenvalue weighted by Crippen LogP contribution is -2.35. The maximum Gasteiger partial charge on any atom is 0.220 e. The van der Waals surface area contributed by atoms with E-state index >= 15 is 0 Å². The number of furan rings is 1. The van der Waals surface area contributed by atoms with Crippen LogP contribution in [0.4, 0.5) is 0 Å². The summed E-state index contributed by atoms with van der Waals surface area (Å²) in [7, 11) is 0. The summed E-state index contributed by atoms with van der Waals surface area (Å²) < 4.78 is 5.76. The van der Waals surface area contributed by atoms with Crippen LogP contribution < -0.4 is 5.32 Å². The van der Waals surface area contributed by atoms with Gasteiger partial charge in [0.05, 0.1) is 6.04 Å². The molecule has 1 N–H and O–H groups in total. The average Bonchev–Trinajstić information content (AvgIpc) is 2.57. The predicted octanol–water partition coefficient (Wildman–Crippen LogP) is 3.52. The number of nitrogens with one attached hydrogen (secondary N) is 1. The lowest BCUT2D eigenvalue weighted by atomic mass is 9.74. The van der Waals surface area contributed by atoms with Crippen LogP contribution in [-0.2, 0) is 11.2 Å². The number of rotatable bonds is 3. The zero-order chi connectivity index (χ0) is 13.3. The summed E-state index contributed by atoms with van der Waals surface area (Å²) in [6.07, 6.45) is 3.42. The first-order valence-electron chi connectivity index (χ1n) is 6.80. The molecule has 0 spiro atoms. The van der Waals surface area contributed by atoms with Gasteiger partial charge in [0.15, 0.2) is 0 Å². The summed E-state index contributed by atoms with van der Waals surface area (Å²) in [5.74, 6) is 2.13. The molecular weight excluding hydrogens is 226 g/mol. The Labute approximate surface area is 109 Å².